The van der Waals surface area contributed by atoms with Crippen molar-refractivity contribution in [2.75, 3.05) is 5.43 Å². The van der Waals surface area contributed by atoms with Gasteiger partial charge in [-0.1, -0.05) is 5.92 Å². The van der Waals surface area contributed by atoms with Crippen LogP contribution in [0.25, 0.3) is 11.0 Å². The van der Waals surface area contributed by atoms with Crippen LogP contribution in [0.1, 0.15) is 6.23 Å². The minimum Gasteiger partial charge on any atom is -0.387 e. The summed E-state index contributed by atoms with van der Waals surface area (Å²) < 4.78 is 42.8. The summed E-state index contributed by atoms with van der Waals surface area (Å²) in [5.41, 5.74) is 2.51. The van der Waals surface area contributed by atoms with Gasteiger partial charge < -0.3 is 25.5 Å². The number of nitrogens with two attached hydrogens (primary N) is 1. The van der Waals surface area contributed by atoms with Gasteiger partial charge in [-0.25, -0.2) is 20.5 Å². The van der Waals surface area contributed by atoms with Crippen molar-refractivity contribution in [2.45, 2.75) is 36.8 Å². The predicted octanol–water partition coefficient (Wildman–Crippen LogP) is -1.34. The van der Waals surface area contributed by atoms with E-state index in [0.29, 0.717) is 5.39 Å². The average molecular weight is 374 g/mol. The van der Waals surface area contributed by atoms with Gasteiger partial charge in [-0.3, -0.25) is 0 Å². The highest BCUT2D eigenvalue weighted by molar-refractivity contribution is 5.85. The van der Waals surface area contributed by atoms with E-state index in [1.807, 2.05) is 0 Å². The van der Waals surface area contributed by atoms with E-state index in [-0.39, 0.29) is 11.5 Å². The second-order valence-corrected chi connectivity index (χ2v) is 5.38. The second kappa shape index (κ2) is 6.67. The summed E-state index contributed by atoms with van der Waals surface area (Å²) in [6, 6.07) is 0. The number of ether oxygens (including phenoxy) is 1. The molecular formula is C13H13F3N6O4. The molecule has 6 N–H and O–H groups in total. The van der Waals surface area contributed by atoms with E-state index >= 15 is 0 Å². The first-order valence-electron chi connectivity index (χ1n) is 7.17. The Morgan fingerprint density at radius 2 is 2.04 bits per heavy atom. The number of nitrogens with zero attached hydrogens (tertiary/aromatic N) is 4. The molecule has 0 unspecified atom stereocenters. The maximum atomic E-state index is 12.1. The molecule has 0 saturated carbocycles. The van der Waals surface area contributed by atoms with E-state index in [1.165, 1.54) is 12.1 Å². The van der Waals surface area contributed by atoms with Crippen LogP contribution >= 0.6 is 0 Å². The molecule has 26 heavy (non-hydrogen) atoms. The number of alkyl halides is 3. The first-order chi connectivity index (χ1) is 12.2. The monoisotopic (exact) mass is 374 g/mol. The second-order valence-electron chi connectivity index (χ2n) is 5.38. The van der Waals surface area contributed by atoms with Crippen molar-refractivity contribution in [3.63, 3.8) is 0 Å². The van der Waals surface area contributed by atoms with Crippen LogP contribution in [0.3, 0.4) is 0 Å². The van der Waals surface area contributed by atoms with Gasteiger partial charge in [0.05, 0.1) is 11.6 Å². The van der Waals surface area contributed by atoms with Gasteiger partial charge in [-0.15, -0.1) is 0 Å². The summed E-state index contributed by atoms with van der Waals surface area (Å²) >= 11 is 0. The molecule has 13 heteroatoms. The normalized spacial score (nSPS) is 27.2. The molecule has 1 aliphatic heterocycles. The number of hydrazine groups is 1. The van der Waals surface area contributed by atoms with Crippen LogP contribution in [0.2, 0.25) is 0 Å². The lowest BCUT2D eigenvalue weighted by molar-refractivity contribution is -0.0764. The number of aliphatic hydroxyl groups is 3. The van der Waals surface area contributed by atoms with Crippen LogP contribution in [0.4, 0.5) is 19.0 Å². The summed E-state index contributed by atoms with van der Waals surface area (Å²) in [6.45, 7) is 0. The van der Waals surface area contributed by atoms with Crippen LogP contribution in [-0.2, 0) is 4.74 Å². The molecule has 0 aliphatic carbocycles. The SMILES string of the molecule is NNc1ncnc2c1cnn2[C@@H]1O[C@H]([C@H](O)C#CC(F)(F)F)[C@@H](O)[C@H]1O. The highest BCUT2D eigenvalue weighted by Gasteiger charge is 2.47. The molecule has 3 heterocycles. The number of nitrogens with one attached hydrogen (secondary N) is 1. The fourth-order valence-corrected chi connectivity index (χ4v) is 2.55. The Balaban J connectivity index is 1.90. The smallest absolute Gasteiger partial charge is 0.387 e. The zero-order valence-electron chi connectivity index (χ0n) is 12.8. The zero-order valence-corrected chi connectivity index (χ0v) is 12.8. The van der Waals surface area contributed by atoms with E-state index in [0.717, 1.165) is 16.9 Å². The van der Waals surface area contributed by atoms with Gasteiger partial charge in [0, 0.05) is 5.92 Å². The third-order valence-corrected chi connectivity index (χ3v) is 3.72. The Kier molecular flexibility index (Phi) is 4.69. The van der Waals surface area contributed by atoms with Crippen molar-refractivity contribution in [3.8, 4) is 11.8 Å². The summed E-state index contributed by atoms with van der Waals surface area (Å²) in [5.74, 6) is 7.99. The van der Waals surface area contributed by atoms with Crippen LogP contribution < -0.4 is 11.3 Å². The topological polar surface area (TPSA) is 152 Å². The number of rotatable bonds is 3. The number of fused-ring (bicyclic) bond motifs is 1. The highest BCUT2D eigenvalue weighted by Crippen LogP contribution is 2.33. The standard InChI is InChI=1S/C13H13F3N6O4/c14-13(15,16)2-1-6(23)9-7(24)8(25)12(26-9)22-11-5(3-20-22)10(21-17)18-4-19-11/h3-4,6-9,12,23-25H,17H2,(H,18,19,21)/t6-,7+,8-,9-,12-/m1/s1. The van der Waals surface area contributed by atoms with Crippen molar-refractivity contribution >= 4 is 16.9 Å². The molecule has 1 fully saturated rings. The number of halogens is 3. The summed E-state index contributed by atoms with van der Waals surface area (Å²) in [4.78, 5) is 7.85. The third-order valence-electron chi connectivity index (χ3n) is 3.72. The third kappa shape index (κ3) is 3.28. The molecular weight excluding hydrogens is 361 g/mol. The molecule has 2 aromatic rings. The molecule has 0 radical (unpaired) electrons. The molecule has 0 spiro atoms. The summed E-state index contributed by atoms with van der Waals surface area (Å²) in [7, 11) is 0. The fraction of sp³-hybridized carbons (Fsp3) is 0.462. The predicted molar refractivity (Wildman–Crippen MR) is 78.9 cm³/mol. The van der Waals surface area contributed by atoms with E-state index in [9.17, 15) is 28.5 Å². The summed E-state index contributed by atoms with van der Waals surface area (Å²) in [5, 5.41) is 34.3. The van der Waals surface area contributed by atoms with Gasteiger partial charge in [0.25, 0.3) is 0 Å². The van der Waals surface area contributed by atoms with Crippen molar-refractivity contribution in [3.05, 3.63) is 12.5 Å². The Morgan fingerprint density at radius 3 is 2.69 bits per heavy atom. The van der Waals surface area contributed by atoms with E-state index in [4.69, 9.17) is 10.6 Å². The van der Waals surface area contributed by atoms with Crippen LogP contribution in [0.5, 0.6) is 0 Å². The lowest BCUT2D eigenvalue weighted by atomic mass is 10.1. The minimum atomic E-state index is -4.82. The van der Waals surface area contributed by atoms with Gasteiger partial charge in [0.2, 0.25) is 0 Å². The molecule has 0 amide bonds. The number of anilines is 1. The maximum Gasteiger partial charge on any atom is 0.457 e. The largest absolute Gasteiger partial charge is 0.457 e. The number of hydrogen-bond donors (Lipinski definition) is 5. The molecule has 140 valence electrons. The van der Waals surface area contributed by atoms with Gasteiger partial charge in [0.1, 0.15) is 30.7 Å². The number of hydrogen-bond acceptors (Lipinski definition) is 9. The van der Waals surface area contributed by atoms with Gasteiger partial charge in [0.15, 0.2) is 17.7 Å². The van der Waals surface area contributed by atoms with Crippen LogP contribution in [0, 0.1) is 11.8 Å². The van der Waals surface area contributed by atoms with Crippen molar-refractivity contribution < 1.29 is 33.2 Å². The Hall–Kier alpha value is -2.50. The molecule has 0 aromatic carbocycles. The van der Waals surface area contributed by atoms with Crippen molar-refractivity contribution in [1.82, 2.24) is 19.7 Å². The lowest BCUT2D eigenvalue weighted by Crippen LogP contribution is -2.38. The van der Waals surface area contributed by atoms with E-state index in [2.05, 4.69) is 20.5 Å². The Bertz CT molecular complexity index is 863. The molecule has 10 nitrogen and oxygen atoms in total. The first kappa shape index (κ1) is 18.3. The number of aromatic nitrogens is 4. The van der Waals surface area contributed by atoms with Crippen molar-refractivity contribution in [2.24, 2.45) is 5.84 Å². The van der Waals surface area contributed by atoms with E-state index < -0.39 is 36.8 Å². The molecule has 1 saturated heterocycles. The van der Waals surface area contributed by atoms with Gasteiger partial charge >= 0.3 is 6.18 Å². The van der Waals surface area contributed by atoms with Crippen LogP contribution in [-0.4, -0.2) is 65.7 Å². The molecule has 1 aliphatic rings. The lowest BCUT2D eigenvalue weighted by Gasteiger charge is -2.16. The van der Waals surface area contributed by atoms with Crippen molar-refractivity contribution in [1.29, 1.82) is 0 Å². The average Bonchev–Trinajstić information content (AvgIpc) is 3.14. The Labute approximate surface area is 143 Å². The van der Waals surface area contributed by atoms with Gasteiger partial charge in [-0.2, -0.15) is 18.3 Å². The summed E-state index contributed by atoms with van der Waals surface area (Å²) in [6.07, 6.45) is -10.5. The van der Waals surface area contributed by atoms with Crippen LogP contribution in [0.15, 0.2) is 12.5 Å². The highest BCUT2D eigenvalue weighted by atomic mass is 19.4. The van der Waals surface area contributed by atoms with Gasteiger partial charge in [-0.05, 0) is 0 Å². The first-order valence-corrected chi connectivity index (χ1v) is 7.17. The quantitative estimate of drug-likeness (QED) is 0.250. The molecule has 3 rings (SSSR count). The fourth-order valence-electron chi connectivity index (χ4n) is 2.55. The number of nitrogen functional groups attached to an aromatic ring is 1. The Morgan fingerprint density at radius 1 is 1.31 bits per heavy atom. The molecule has 5 atom stereocenters. The van der Waals surface area contributed by atoms with E-state index in [1.54, 1.807) is 0 Å². The number of aliphatic hydroxyl groups excluding tert-OH is 3. The minimum absolute atomic E-state index is 0.181. The molecule has 0 bridgehead atoms. The zero-order chi connectivity index (χ0) is 19.1. The maximum absolute atomic E-state index is 12.1. The molecule has 2 aromatic heterocycles.